The van der Waals surface area contributed by atoms with Crippen LogP contribution in [0.1, 0.15) is 44.7 Å². The number of nitro groups is 1. The van der Waals surface area contributed by atoms with Crippen molar-refractivity contribution in [3.8, 4) is 0 Å². The zero-order chi connectivity index (χ0) is 18.1. The summed E-state index contributed by atoms with van der Waals surface area (Å²) < 4.78 is 20.0. The van der Waals surface area contributed by atoms with Crippen molar-refractivity contribution < 1.29 is 19.0 Å². The van der Waals surface area contributed by atoms with E-state index in [0.29, 0.717) is 18.4 Å². The molecule has 1 N–H and O–H groups in total. The molecule has 0 saturated carbocycles. The van der Waals surface area contributed by atoms with E-state index in [-0.39, 0.29) is 12.1 Å². The Kier molecular flexibility index (Phi) is 5.22. The number of ether oxygens (including phenoxy) is 1. The lowest BCUT2D eigenvalue weighted by Crippen LogP contribution is -2.51. The van der Waals surface area contributed by atoms with Crippen molar-refractivity contribution >= 4 is 23.0 Å². The van der Waals surface area contributed by atoms with Gasteiger partial charge in [0.1, 0.15) is 4.75 Å². The Morgan fingerprint density at radius 2 is 2.12 bits per heavy atom. The molecule has 2 atom stereocenters. The third kappa shape index (κ3) is 3.71. The Morgan fingerprint density at radius 1 is 1.46 bits per heavy atom. The summed E-state index contributed by atoms with van der Waals surface area (Å²) in [7, 11) is 1.29. The highest BCUT2D eigenvalue weighted by atomic mass is 32.2. The van der Waals surface area contributed by atoms with Crippen LogP contribution in [0.15, 0.2) is 18.2 Å². The molecule has 1 aliphatic rings. The van der Waals surface area contributed by atoms with E-state index in [1.165, 1.54) is 19.2 Å². The number of esters is 1. The van der Waals surface area contributed by atoms with E-state index in [0.717, 1.165) is 5.56 Å². The Balaban J connectivity index is 2.48. The number of carbonyl (C=O) groups excluding carboxylic acids is 1. The summed E-state index contributed by atoms with van der Waals surface area (Å²) in [5.74, 6) is -0.451. The number of benzene rings is 1. The fraction of sp³-hybridized carbons (Fsp3) is 0.562. The fourth-order valence-electron chi connectivity index (χ4n) is 2.80. The molecule has 7 nitrogen and oxygen atoms in total. The average molecular weight is 354 g/mol. The maximum Gasteiger partial charge on any atom is 0.307 e. The van der Waals surface area contributed by atoms with E-state index < -0.39 is 32.5 Å². The number of carbonyl (C=O) groups is 1. The Bertz CT molecular complexity index is 658. The third-order valence-electron chi connectivity index (χ3n) is 4.16. The molecule has 1 aliphatic carbocycles. The van der Waals surface area contributed by atoms with Crippen LogP contribution in [0.25, 0.3) is 0 Å². The minimum absolute atomic E-state index is 0.0283. The Labute approximate surface area is 144 Å². The first-order valence-corrected chi connectivity index (χ1v) is 8.78. The molecule has 0 heterocycles. The number of nitro benzene ring substituents is 1. The topological polar surface area (TPSA) is 105 Å². The van der Waals surface area contributed by atoms with E-state index in [9.17, 15) is 19.5 Å². The number of hydrogen-bond donors (Lipinski definition) is 1. The molecule has 1 aromatic carbocycles. The first-order chi connectivity index (χ1) is 11.1. The van der Waals surface area contributed by atoms with Crippen molar-refractivity contribution in [1.29, 1.82) is 0 Å². The molecule has 8 heteroatoms. The fourth-order valence-corrected chi connectivity index (χ4v) is 3.74. The highest BCUT2D eigenvalue weighted by molar-refractivity contribution is 7.90. The molecule has 132 valence electrons. The molecule has 0 radical (unpaired) electrons. The quantitative estimate of drug-likeness (QED) is 0.377. The van der Waals surface area contributed by atoms with Gasteiger partial charge in [-0.25, -0.2) is 0 Å². The van der Waals surface area contributed by atoms with Gasteiger partial charge in [-0.2, -0.15) is 0 Å². The standard InChI is InChI=1S/C16H22N2O5S/c1-15(2,3)24(22)17-16(10-14(19)23-4)8-7-11-5-6-12(18(20)21)9-13(11)16/h5-6,9,17H,7-8,10H2,1-4H3/t16-,24+/m0/s1. The van der Waals surface area contributed by atoms with Crippen LogP contribution in [0.4, 0.5) is 5.69 Å². The molecule has 0 unspecified atom stereocenters. The van der Waals surface area contributed by atoms with E-state index in [2.05, 4.69) is 4.72 Å². The van der Waals surface area contributed by atoms with Gasteiger partial charge in [-0.15, -0.1) is 4.72 Å². The van der Waals surface area contributed by atoms with Gasteiger partial charge >= 0.3 is 5.97 Å². The van der Waals surface area contributed by atoms with Gasteiger partial charge in [0.25, 0.3) is 5.69 Å². The number of hydrogen-bond acceptors (Lipinski definition) is 6. The summed E-state index contributed by atoms with van der Waals surface area (Å²) >= 11 is -1.44. The van der Waals surface area contributed by atoms with E-state index in [4.69, 9.17) is 4.74 Å². The van der Waals surface area contributed by atoms with Gasteiger partial charge in [0.15, 0.2) is 0 Å². The zero-order valence-corrected chi connectivity index (χ0v) is 15.1. The molecule has 2 rings (SSSR count). The highest BCUT2D eigenvalue weighted by Crippen LogP contribution is 2.42. The molecule has 0 aromatic heterocycles. The largest absolute Gasteiger partial charge is 0.598 e. The van der Waals surface area contributed by atoms with Crippen LogP contribution in [0, 0.1) is 10.1 Å². The molecule has 0 bridgehead atoms. The van der Waals surface area contributed by atoms with Gasteiger partial charge in [0.2, 0.25) is 0 Å². The SMILES string of the molecule is COC(=O)C[C@@]1(N[S@+]([O-])C(C)(C)C)CCc2ccc([N+](=O)[O-])cc21. The second kappa shape index (κ2) is 6.70. The van der Waals surface area contributed by atoms with Crippen LogP contribution < -0.4 is 4.72 Å². The zero-order valence-electron chi connectivity index (χ0n) is 14.3. The maximum atomic E-state index is 12.6. The lowest BCUT2D eigenvalue weighted by Gasteiger charge is -2.34. The molecule has 0 spiro atoms. The van der Waals surface area contributed by atoms with Gasteiger partial charge in [-0.1, -0.05) is 6.07 Å². The number of nitrogens with one attached hydrogen (secondary N) is 1. The van der Waals surface area contributed by atoms with E-state index in [1.807, 2.05) is 20.8 Å². The maximum absolute atomic E-state index is 12.6. The van der Waals surface area contributed by atoms with Gasteiger partial charge in [-0.05, 0) is 44.7 Å². The first-order valence-electron chi connectivity index (χ1n) is 7.63. The minimum atomic E-state index is -1.44. The van der Waals surface area contributed by atoms with Gasteiger partial charge in [0, 0.05) is 23.5 Å². The van der Waals surface area contributed by atoms with Crippen molar-refractivity contribution in [2.45, 2.75) is 50.3 Å². The van der Waals surface area contributed by atoms with Crippen LogP contribution in [0.5, 0.6) is 0 Å². The summed E-state index contributed by atoms with van der Waals surface area (Å²) in [5.41, 5.74) is 0.600. The minimum Gasteiger partial charge on any atom is -0.598 e. The molecule has 0 fully saturated rings. The van der Waals surface area contributed by atoms with E-state index >= 15 is 0 Å². The average Bonchev–Trinajstić information content (AvgIpc) is 2.84. The Hall–Kier alpha value is -1.64. The van der Waals surface area contributed by atoms with Crippen molar-refractivity contribution in [2.24, 2.45) is 0 Å². The summed E-state index contributed by atoms with van der Waals surface area (Å²) in [6.45, 7) is 5.47. The van der Waals surface area contributed by atoms with Crippen molar-refractivity contribution in [3.05, 3.63) is 39.4 Å². The Morgan fingerprint density at radius 3 is 2.67 bits per heavy atom. The lowest BCUT2D eigenvalue weighted by atomic mass is 9.89. The number of aryl methyl sites for hydroxylation is 1. The molecular weight excluding hydrogens is 332 g/mol. The molecule has 24 heavy (non-hydrogen) atoms. The number of rotatable bonds is 5. The van der Waals surface area contributed by atoms with E-state index in [1.54, 1.807) is 6.07 Å². The molecule has 0 saturated heterocycles. The predicted molar refractivity (Wildman–Crippen MR) is 90.8 cm³/mol. The smallest absolute Gasteiger partial charge is 0.307 e. The third-order valence-corrected chi connectivity index (χ3v) is 5.85. The van der Waals surface area contributed by atoms with Crippen molar-refractivity contribution in [1.82, 2.24) is 4.72 Å². The number of non-ortho nitro benzene ring substituents is 1. The summed E-state index contributed by atoms with van der Waals surface area (Å²) in [4.78, 5) is 22.6. The second-order valence-corrected chi connectivity index (χ2v) is 8.88. The monoisotopic (exact) mass is 354 g/mol. The molecular formula is C16H22N2O5S. The van der Waals surface area contributed by atoms with Crippen LogP contribution >= 0.6 is 0 Å². The van der Waals surface area contributed by atoms with Crippen LogP contribution in [-0.4, -0.2) is 27.3 Å². The predicted octanol–water partition coefficient (Wildman–Crippen LogP) is 2.35. The first kappa shape index (κ1) is 18.7. The summed E-state index contributed by atoms with van der Waals surface area (Å²) in [6.07, 6.45) is 1.15. The lowest BCUT2D eigenvalue weighted by molar-refractivity contribution is -0.385. The summed E-state index contributed by atoms with van der Waals surface area (Å²) in [5, 5.41) is 11.1. The summed E-state index contributed by atoms with van der Waals surface area (Å²) in [6, 6.07) is 4.63. The van der Waals surface area contributed by atoms with Crippen molar-refractivity contribution in [3.63, 3.8) is 0 Å². The van der Waals surface area contributed by atoms with Crippen LogP contribution in [0.2, 0.25) is 0 Å². The number of nitrogens with zero attached hydrogens (tertiary/aromatic N) is 1. The number of fused-ring (bicyclic) bond motifs is 1. The number of methoxy groups -OCH3 is 1. The normalized spacial score (nSPS) is 21.2. The van der Waals surface area contributed by atoms with Gasteiger partial charge < -0.3 is 9.29 Å². The highest BCUT2D eigenvalue weighted by Gasteiger charge is 2.47. The molecule has 0 aliphatic heterocycles. The van der Waals surface area contributed by atoms with Crippen LogP contribution in [-0.2, 0) is 32.9 Å². The van der Waals surface area contributed by atoms with Crippen molar-refractivity contribution in [2.75, 3.05) is 7.11 Å². The molecule has 0 amide bonds. The van der Waals surface area contributed by atoms with Gasteiger partial charge in [-0.3, -0.25) is 14.9 Å². The molecule has 1 aromatic rings. The second-order valence-electron chi connectivity index (χ2n) is 6.92. The van der Waals surface area contributed by atoms with Gasteiger partial charge in [0.05, 0.1) is 24.0 Å². The van der Waals surface area contributed by atoms with Crippen LogP contribution in [0.3, 0.4) is 0 Å².